The van der Waals surface area contributed by atoms with Crippen molar-refractivity contribution in [3.05, 3.63) is 10.4 Å². The Morgan fingerprint density at radius 2 is 1.62 bits per heavy atom. The van der Waals surface area contributed by atoms with Crippen LogP contribution in [0.15, 0.2) is 5.11 Å². The number of azide groups is 1. The molecule has 10 nitrogen and oxygen atoms in total. The maximum atomic E-state index is 12.5. The third-order valence-corrected chi connectivity index (χ3v) is 4.27. The summed E-state index contributed by atoms with van der Waals surface area (Å²) in [6.45, 7) is 10.5. The third kappa shape index (κ3) is 3.66. The van der Waals surface area contributed by atoms with Crippen molar-refractivity contribution in [3.63, 3.8) is 0 Å². The number of fused-ring (bicyclic) bond motifs is 3. The topological polar surface area (TPSA) is 121 Å². The van der Waals surface area contributed by atoms with Crippen LogP contribution >= 0.6 is 0 Å². The number of hydrogen-bond acceptors (Lipinski definition) is 8. The highest BCUT2D eigenvalue weighted by molar-refractivity contribution is 5.77. The lowest BCUT2D eigenvalue weighted by Gasteiger charge is -2.39. The van der Waals surface area contributed by atoms with Gasteiger partial charge in [0, 0.05) is 4.91 Å². The monoisotopic (exact) mass is 371 g/mol. The molecule has 0 spiro atoms. The Morgan fingerprint density at radius 1 is 1.04 bits per heavy atom. The van der Waals surface area contributed by atoms with Gasteiger partial charge in [0.25, 0.3) is 0 Å². The van der Waals surface area contributed by atoms with E-state index in [1.54, 1.807) is 41.5 Å². The van der Waals surface area contributed by atoms with Gasteiger partial charge in [-0.2, -0.15) is 0 Å². The zero-order valence-corrected chi connectivity index (χ0v) is 15.7. The van der Waals surface area contributed by atoms with Crippen molar-refractivity contribution in [1.82, 2.24) is 0 Å². The second-order valence-electron chi connectivity index (χ2n) is 7.77. The minimum atomic E-state index is -1.24. The summed E-state index contributed by atoms with van der Waals surface area (Å²) in [5, 5.41) is 3.61. The SMILES string of the molecule is CC(C)OC(=O)[C@@H](N=[N+]=[N-])[C@H]1O[C@@H]2OC(C)(C)O[C@@H]2[C@H]2OC(C)(C)O[C@H]21. The summed E-state index contributed by atoms with van der Waals surface area (Å²) in [7, 11) is 0. The normalized spacial score (nSPS) is 38.2. The molecule has 0 aliphatic carbocycles. The van der Waals surface area contributed by atoms with E-state index in [1.165, 1.54) is 0 Å². The summed E-state index contributed by atoms with van der Waals surface area (Å²) in [5.74, 6) is -2.48. The smallest absolute Gasteiger partial charge is 0.317 e. The molecule has 0 aromatic rings. The molecule has 3 fully saturated rings. The fourth-order valence-corrected chi connectivity index (χ4v) is 3.50. The fraction of sp³-hybridized carbons (Fsp3) is 0.938. The molecule has 10 heteroatoms. The zero-order valence-electron chi connectivity index (χ0n) is 15.7. The molecule has 0 N–H and O–H groups in total. The summed E-state index contributed by atoms with van der Waals surface area (Å²) in [6, 6.07) is -1.24. The van der Waals surface area contributed by atoms with E-state index in [-0.39, 0.29) is 6.10 Å². The molecule has 26 heavy (non-hydrogen) atoms. The Labute approximate surface area is 151 Å². The highest BCUT2D eigenvalue weighted by atomic mass is 16.9. The van der Waals surface area contributed by atoms with E-state index < -0.39 is 54.3 Å². The standard InChI is InChI=1S/C16H25N3O7/c1-7(2)21-13(20)8(18-19-17)9-10-11(24-15(3,4)23-10)12-14(22-9)26-16(5,6)25-12/h7-12,14H,1-6H3/t8-,9+,10-,11-,12+,14+/m0/s1. The van der Waals surface area contributed by atoms with Crippen LogP contribution < -0.4 is 0 Å². The molecule has 0 saturated carbocycles. The highest BCUT2D eigenvalue weighted by Gasteiger charge is 2.62. The summed E-state index contributed by atoms with van der Waals surface area (Å²) < 4.78 is 34.8. The Bertz CT molecular complexity index is 617. The fourth-order valence-electron chi connectivity index (χ4n) is 3.50. The molecular weight excluding hydrogens is 346 g/mol. The molecule has 0 aromatic carbocycles. The van der Waals surface area contributed by atoms with Crippen LogP contribution in [0.5, 0.6) is 0 Å². The minimum Gasteiger partial charge on any atom is -0.463 e. The lowest BCUT2D eigenvalue weighted by Crippen LogP contribution is -2.59. The zero-order chi connectivity index (χ0) is 19.3. The van der Waals surface area contributed by atoms with Crippen LogP contribution in [-0.2, 0) is 33.2 Å². The average Bonchev–Trinajstić information content (AvgIpc) is 2.97. The van der Waals surface area contributed by atoms with Gasteiger partial charge in [-0.3, -0.25) is 4.79 Å². The molecule has 3 aliphatic heterocycles. The molecule has 0 unspecified atom stereocenters. The largest absolute Gasteiger partial charge is 0.463 e. The molecule has 0 bridgehead atoms. The molecule has 0 amide bonds. The van der Waals surface area contributed by atoms with Gasteiger partial charge in [-0.25, -0.2) is 0 Å². The van der Waals surface area contributed by atoms with Crippen molar-refractivity contribution in [3.8, 4) is 0 Å². The highest BCUT2D eigenvalue weighted by Crippen LogP contribution is 2.45. The van der Waals surface area contributed by atoms with Gasteiger partial charge in [-0.15, -0.1) is 0 Å². The molecule has 146 valence electrons. The van der Waals surface area contributed by atoms with Crippen LogP contribution in [0.3, 0.4) is 0 Å². The van der Waals surface area contributed by atoms with E-state index in [0.717, 1.165) is 0 Å². The van der Waals surface area contributed by atoms with E-state index >= 15 is 0 Å². The van der Waals surface area contributed by atoms with Crippen LogP contribution in [-0.4, -0.2) is 60.4 Å². The van der Waals surface area contributed by atoms with Gasteiger partial charge in [0.15, 0.2) is 23.9 Å². The third-order valence-electron chi connectivity index (χ3n) is 4.27. The van der Waals surface area contributed by atoms with E-state index in [1.807, 2.05) is 0 Å². The lowest BCUT2D eigenvalue weighted by molar-refractivity contribution is -0.239. The van der Waals surface area contributed by atoms with Gasteiger partial charge in [0.05, 0.1) is 6.10 Å². The molecular formula is C16H25N3O7. The summed E-state index contributed by atoms with van der Waals surface area (Å²) in [6.07, 6.45) is -3.83. The van der Waals surface area contributed by atoms with Gasteiger partial charge >= 0.3 is 5.97 Å². The van der Waals surface area contributed by atoms with Gasteiger partial charge in [-0.05, 0) is 47.1 Å². The summed E-state index contributed by atoms with van der Waals surface area (Å²) >= 11 is 0. The molecule has 0 radical (unpaired) electrons. The predicted molar refractivity (Wildman–Crippen MR) is 86.7 cm³/mol. The van der Waals surface area contributed by atoms with Crippen molar-refractivity contribution < 1.29 is 33.2 Å². The van der Waals surface area contributed by atoms with Crippen molar-refractivity contribution in [2.45, 2.75) is 96.0 Å². The van der Waals surface area contributed by atoms with Crippen LogP contribution in [0.1, 0.15) is 41.5 Å². The number of nitrogens with zero attached hydrogens (tertiary/aromatic N) is 3. The number of hydrogen-bond donors (Lipinski definition) is 0. The Kier molecular flexibility index (Phi) is 4.93. The molecule has 3 aliphatic rings. The first kappa shape index (κ1) is 19.3. The van der Waals surface area contributed by atoms with E-state index in [2.05, 4.69) is 10.0 Å². The number of esters is 1. The minimum absolute atomic E-state index is 0.367. The maximum absolute atomic E-state index is 12.5. The molecule has 3 heterocycles. The van der Waals surface area contributed by atoms with E-state index in [4.69, 9.17) is 34.0 Å². The Morgan fingerprint density at radius 3 is 2.23 bits per heavy atom. The second-order valence-corrected chi connectivity index (χ2v) is 7.77. The van der Waals surface area contributed by atoms with Crippen LogP contribution in [0.4, 0.5) is 0 Å². The van der Waals surface area contributed by atoms with Crippen molar-refractivity contribution in [1.29, 1.82) is 0 Å². The van der Waals surface area contributed by atoms with Crippen molar-refractivity contribution >= 4 is 5.97 Å². The lowest BCUT2D eigenvalue weighted by atomic mass is 9.94. The summed E-state index contributed by atoms with van der Waals surface area (Å²) in [4.78, 5) is 15.3. The van der Waals surface area contributed by atoms with E-state index in [9.17, 15) is 4.79 Å². The quantitative estimate of drug-likeness (QED) is 0.321. The number of ether oxygens (including phenoxy) is 6. The number of carbonyl (C=O) groups is 1. The molecule has 0 aromatic heterocycles. The molecule has 3 rings (SSSR count). The van der Waals surface area contributed by atoms with Crippen molar-refractivity contribution in [2.75, 3.05) is 0 Å². The second kappa shape index (κ2) is 6.63. The first-order chi connectivity index (χ1) is 12.0. The maximum Gasteiger partial charge on any atom is 0.317 e. The first-order valence-electron chi connectivity index (χ1n) is 8.64. The van der Waals surface area contributed by atoms with Gasteiger partial charge in [0.1, 0.15) is 24.4 Å². The van der Waals surface area contributed by atoms with Crippen LogP contribution in [0, 0.1) is 0 Å². The Balaban J connectivity index is 1.92. The van der Waals surface area contributed by atoms with Gasteiger partial charge in [-0.1, -0.05) is 5.11 Å². The van der Waals surface area contributed by atoms with Crippen LogP contribution in [0.2, 0.25) is 0 Å². The molecule has 6 atom stereocenters. The first-order valence-corrected chi connectivity index (χ1v) is 8.64. The number of rotatable bonds is 4. The van der Waals surface area contributed by atoms with Gasteiger partial charge < -0.3 is 28.4 Å². The molecule has 3 saturated heterocycles. The van der Waals surface area contributed by atoms with E-state index in [0.29, 0.717) is 0 Å². The predicted octanol–water partition coefficient (Wildman–Crippen LogP) is 2.01. The van der Waals surface area contributed by atoms with Crippen molar-refractivity contribution in [2.24, 2.45) is 5.11 Å². The Hall–Kier alpha value is -1.42. The number of carbonyl (C=O) groups excluding carboxylic acids is 1. The average molecular weight is 371 g/mol. The summed E-state index contributed by atoms with van der Waals surface area (Å²) in [5.41, 5.74) is 8.93. The van der Waals surface area contributed by atoms with Crippen LogP contribution in [0.25, 0.3) is 10.4 Å². The van der Waals surface area contributed by atoms with Gasteiger partial charge in [0.2, 0.25) is 0 Å².